The van der Waals surface area contributed by atoms with E-state index in [1.54, 1.807) is 20.7 Å². The van der Waals surface area contributed by atoms with Gasteiger partial charge >= 0.3 is 0 Å². The van der Waals surface area contributed by atoms with Gasteiger partial charge in [0.05, 0.1) is 16.1 Å². The number of anilines is 2. The molecule has 4 nitrogen and oxygen atoms in total. The molecule has 0 atom stereocenters. The van der Waals surface area contributed by atoms with Gasteiger partial charge in [0.15, 0.2) is 0 Å². The fourth-order valence-electron chi connectivity index (χ4n) is 3.30. The third-order valence-corrected chi connectivity index (χ3v) is 7.16. The van der Waals surface area contributed by atoms with Crippen LogP contribution in [-0.2, 0) is 10.3 Å². The van der Waals surface area contributed by atoms with Crippen molar-refractivity contribution in [2.75, 3.05) is 10.6 Å². The molecule has 3 aromatic rings. The first-order valence-electron chi connectivity index (χ1n) is 8.79. The summed E-state index contributed by atoms with van der Waals surface area (Å²) in [6.45, 7) is 8.05. The van der Waals surface area contributed by atoms with Crippen molar-refractivity contribution in [2.24, 2.45) is 4.99 Å². The van der Waals surface area contributed by atoms with Crippen molar-refractivity contribution >= 4 is 43.7 Å². The second-order valence-corrected chi connectivity index (χ2v) is 9.44. The number of hydrogen-bond donors (Lipinski definition) is 2. The van der Waals surface area contributed by atoms with E-state index in [1.807, 2.05) is 24.3 Å². The standard InChI is InChI=1S/C21H21N3OS2/c1-12-5-10-17-16(11-12)18-19(21(3,4)24-17)26-27-20(18)23-15-8-6-14(7-9-15)22-13(2)25/h5-11,24H,1-4H3,(H,22,25). The molecule has 2 heterocycles. The summed E-state index contributed by atoms with van der Waals surface area (Å²) in [6.07, 6.45) is 0. The second-order valence-electron chi connectivity index (χ2n) is 7.31. The van der Waals surface area contributed by atoms with E-state index >= 15 is 0 Å². The van der Waals surface area contributed by atoms with Crippen molar-refractivity contribution in [3.63, 3.8) is 0 Å². The van der Waals surface area contributed by atoms with Crippen molar-refractivity contribution in [3.05, 3.63) is 57.6 Å². The van der Waals surface area contributed by atoms with Crippen LogP contribution in [0.2, 0.25) is 0 Å². The summed E-state index contributed by atoms with van der Waals surface area (Å²) in [4.78, 5) is 17.4. The summed E-state index contributed by atoms with van der Waals surface area (Å²) < 4.78 is 1.03. The van der Waals surface area contributed by atoms with E-state index in [9.17, 15) is 4.79 Å². The van der Waals surface area contributed by atoms with Crippen molar-refractivity contribution in [1.82, 2.24) is 0 Å². The first-order chi connectivity index (χ1) is 12.8. The molecular formula is C21H21N3OS2. The lowest BCUT2D eigenvalue weighted by molar-refractivity contribution is -0.114. The number of carbonyl (C=O) groups is 1. The van der Waals surface area contributed by atoms with Gasteiger partial charge in [-0.1, -0.05) is 32.3 Å². The molecule has 0 saturated carbocycles. The van der Waals surface area contributed by atoms with E-state index in [2.05, 4.69) is 49.6 Å². The fourth-order valence-corrected chi connectivity index (χ4v) is 6.24. The normalized spacial score (nSPS) is 14.9. The van der Waals surface area contributed by atoms with Gasteiger partial charge in [-0.25, -0.2) is 4.99 Å². The zero-order valence-electron chi connectivity index (χ0n) is 15.7. The molecule has 27 heavy (non-hydrogen) atoms. The SMILES string of the molecule is CC(=O)Nc1ccc(N=c2ssc3c2-c2cc(C)ccc2NC3(C)C)cc1. The maximum Gasteiger partial charge on any atom is 0.221 e. The quantitative estimate of drug-likeness (QED) is 0.552. The molecule has 0 aliphatic carbocycles. The van der Waals surface area contributed by atoms with Crippen LogP contribution in [0.1, 0.15) is 31.2 Å². The van der Waals surface area contributed by atoms with Gasteiger partial charge in [-0.3, -0.25) is 4.79 Å². The molecule has 0 saturated heterocycles. The van der Waals surface area contributed by atoms with Gasteiger partial charge in [-0.2, -0.15) is 0 Å². The van der Waals surface area contributed by atoms with Gasteiger partial charge < -0.3 is 10.6 Å². The van der Waals surface area contributed by atoms with E-state index in [4.69, 9.17) is 4.99 Å². The summed E-state index contributed by atoms with van der Waals surface area (Å²) >= 11 is 0. The van der Waals surface area contributed by atoms with Crippen molar-refractivity contribution in [3.8, 4) is 11.1 Å². The Morgan fingerprint density at radius 3 is 2.56 bits per heavy atom. The first kappa shape index (κ1) is 17.9. The average Bonchev–Trinajstić information content (AvgIpc) is 3.02. The molecule has 1 aliphatic rings. The van der Waals surface area contributed by atoms with Crippen molar-refractivity contribution < 1.29 is 4.79 Å². The van der Waals surface area contributed by atoms with Gasteiger partial charge in [0.2, 0.25) is 5.91 Å². The lowest BCUT2D eigenvalue weighted by Crippen LogP contribution is -2.31. The topological polar surface area (TPSA) is 53.5 Å². The van der Waals surface area contributed by atoms with E-state index in [0.29, 0.717) is 0 Å². The Morgan fingerprint density at radius 1 is 1.11 bits per heavy atom. The predicted molar refractivity (Wildman–Crippen MR) is 115 cm³/mol. The summed E-state index contributed by atoms with van der Waals surface area (Å²) in [5.74, 6) is -0.0736. The highest BCUT2D eigenvalue weighted by atomic mass is 32.9. The first-order valence-corrected chi connectivity index (χ1v) is 10.9. The highest BCUT2D eigenvalue weighted by molar-refractivity contribution is 7.68. The third kappa shape index (κ3) is 3.42. The van der Waals surface area contributed by atoms with Crippen molar-refractivity contribution in [2.45, 2.75) is 33.2 Å². The van der Waals surface area contributed by atoms with Gasteiger partial charge in [-0.05, 0) is 57.2 Å². The molecule has 1 amide bonds. The Kier molecular flexibility index (Phi) is 4.40. The molecule has 0 spiro atoms. The number of nitrogens with zero attached hydrogens (tertiary/aromatic N) is 1. The van der Waals surface area contributed by atoms with Gasteiger partial charge in [0, 0.05) is 29.4 Å². The number of fused-ring (bicyclic) bond motifs is 3. The minimum absolute atomic E-state index is 0.0736. The molecule has 1 aliphatic heterocycles. The monoisotopic (exact) mass is 395 g/mol. The number of benzene rings is 2. The van der Waals surface area contributed by atoms with Gasteiger partial charge in [0.25, 0.3) is 0 Å². The summed E-state index contributed by atoms with van der Waals surface area (Å²) in [7, 11) is 3.50. The number of nitrogens with one attached hydrogen (secondary N) is 2. The maximum atomic E-state index is 11.2. The van der Waals surface area contributed by atoms with Crippen LogP contribution in [0.4, 0.5) is 17.1 Å². The molecule has 0 bridgehead atoms. The number of carbonyl (C=O) groups excluding carboxylic acids is 1. The van der Waals surface area contributed by atoms with E-state index in [1.165, 1.54) is 28.5 Å². The smallest absolute Gasteiger partial charge is 0.221 e. The largest absolute Gasteiger partial charge is 0.375 e. The molecular weight excluding hydrogens is 374 g/mol. The van der Waals surface area contributed by atoms with Crippen LogP contribution < -0.4 is 15.3 Å². The summed E-state index contributed by atoms with van der Waals surface area (Å²) in [5, 5.41) is 6.44. The second kappa shape index (κ2) is 6.62. The lowest BCUT2D eigenvalue weighted by atomic mass is 9.89. The Hall–Kier alpha value is -2.44. The third-order valence-electron chi connectivity index (χ3n) is 4.52. The predicted octanol–water partition coefficient (Wildman–Crippen LogP) is 5.64. The minimum Gasteiger partial charge on any atom is -0.375 e. The van der Waals surface area contributed by atoms with Crippen molar-refractivity contribution in [1.29, 1.82) is 0 Å². The molecule has 6 heteroatoms. The van der Waals surface area contributed by atoms with Gasteiger partial charge in [-0.15, -0.1) is 0 Å². The number of hydrogen-bond acceptors (Lipinski definition) is 5. The van der Waals surface area contributed by atoms with Crippen LogP contribution in [0.3, 0.4) is 0 Å². The summed E-state index contributed by atoms with van der Waals surface area (Å²) in [6, 6.07) is 14.2. The Labute approximate surface area is 166 Å². The minimum atomic E-state index is -0.123. The molecule has 2 N–H and O–H groups in total. The van der Waals surface area contributed by atoms with E-state index in [0.717, 1.165) is 21.7 Å². The molecule has 138 valence electrons. The van der Waals surface area contributed by atoms with Crippen LogP contribution in [0, 0.1) is 6.92 Å². The zero-order chi connectivity index (χ0) is 19.2. The van der Waals surface area contributed by atoms with Crippen LogP contribution in [0.5, 0.6) is 0 Å². The van der Waals surface area contributed by atoms with Gasteiger partial charge in [0.1, 0.15) is 4.67 Å². The lowest BCUT2D eigenvalue weighted by Gasteiger charge is -2.33. The zero-order valence-corrected chi connectivity index (χ0v) is 17.3. The number of amides is 1. The molecule has 0 radical (unpaired) electrons. The highest BCUT2D eigenvalue weighted by Gasteiger charge is 2.33. The Bertz CT molecular complexity index is 1090. The molecule has 4 rings (SSSR count). The fraction of sp³-hybridized carbons (Fsp3) is 0.238. The Balaban J connectivity index is 1.84. The molecule has 0 unspecified atom stereocenters. The van der Waals surface area contributed by atoms with Crippen LogP contribution in [0.15, 0.2) is 47.5 Å². The average molecular weight is 396 g/mol. The molecule has 0 fully saturated rings. The van der Waals surface area contributed by atoms with Crippen LogP contribution in [-0.4, -0.2) is 5.91 Å². The number of rotatable bonds is 2. The number of aryl methyl sites for hydroxylation is 1. The molecule has 1 aromatic heterocycles. The van der Waals surface area contributed by atoms with Crippen LogP contribution in [0.25, 0.3) is 11.1 Å². The maximum absolute atomic E-state index is 11.2. The Morgan fingerprint density at radius 2 is 1.85 bits per heavy atom. The molecule has 2 aromatic carbocycles. The van der Waals surface area contributed by atoms with E-state index < -0.39 is 0 Å². The summed E-state index contributed by atoms with van der Waals surface area (Å²) in [5.41, 5.74) is 6.38. The van der Waals surface area contributed by atoms with Crippen LogP contribution >= 0.6 is 20.7 Å². The highest BCUT2D eigenvalue weighted by Crippen LogP contribution is 2.45. The van der Waals surface area contributed by atoms with E-state index in [-0.39, 0.29) is 11.4 Å².